The fraction of sp³-hybridized carbons (Fsp3) is 0.300. The topological polar surface area (TPSA) is 66.9 Å². The van der Waals surface area contributed by atoms with Crippen molar-refractivity contribution < 1.29 is 13.6 Å². The Kier molecular flexibility index (Phi) is 4.84. The molecule has 5 nitrogen and oxygen atoms in total. The van der Waals surface area contributed by atoms with Gasteiger partial charge in [-0.1, -0.05) is 22.9 Å². The molecule has 0 saturated carbocycles. The van der Waals surface area contributed by atoms with Gasteiger partial charge in [0.1, 0.15) is 0 Å². The van der Waals surface area contributed by atoms with Crippen LogP contribution in [0.2, 0.25) is 4.34 Å². The molecule has 0 unspecified atom stereocenters. The van der Waals surface area contributed by atoms with Crippen LogP contribution in [-0.4, -0.2) is 16.2 Å². The quantitative estimate of drug-likeness (QED) is 0.883. The van der Waals surface area contributed by atoms with Gasteiger partial charge in [-0.25, -0.2) is 13.6 Å². The van der Waals surface area contributed by atoms with Crippen LogP contribution in [0.3, 0.4) is 0 Å². The molecule has 2 heterocycles. The van der Waals surface area contributed by atoms with Crippen LogP contribution in [0, 0.1) is 0 Å². The molecule has 0 aliphatic heterocycles. The Balaban J connectivity index is 1.91. The molecule has 10 heteroatoms. The van der Waals surface area contributed by atoms with Gasteiger partial charge in [0.15, 0.2) is 5.01 Å². The van der Waals surface area contributed by atoms with Crippen molar-refractivity contribution in [2.75, 3.05) is 5.32 Å². The second kappa shape index (κ2) is 6.42. The molecule has 2 aromatic rings. The standard InChI is InChI=1S/C10H9ClF2N4OS2/c1-4(5-2-3-6(11)19-5)14-9(18)15-10-17-16-8(20-10)7(12)13/h2-4,7H,1H3,(H2,14,15,17,18)/t4-/m0/s1. The number of amides is 2. The van der Waals surface area contributed by atoms with Gasteiger partial charge in [-0.15, -0.1) is 21.5 Å². The van der Waals surface area contributed by atoms with Crippen molar-refractivity contribution >= 4 is 45.4 Å². The van der Waals surface area contributed by atoms with E-state index in [-0.39, 0.29) is 11.2 Å². The average Bonchev–Trinajstić information content (AvgIpc) is 2.98. The van der Waals surface area contributed by atoms with Crippen LogP contribution >= 0.6 is 34.3 Å². The zero-order valence-electron chi connectivity index (χ0n) is 10.1. The normalized spacial score (nSPS) is 12.4. The lowest BCUT2D eigenvalue weighted by molar-refractivity contribution is 0.150. The zero-order valence-corrected chi connectivity index (χ0v) is 12.5. The third-order valence-electron chi connectivity index (χ3n) is 2.22. The Bertz CT molecular complexity index is 604. The number of thiophene rings is 1. The van der Waals surface area contributed by atoms with Crippen molar-refractivity contribution in [2.24, 2.45) is 0 Å². The summed E-state index contributed by atoms with van der Waals surface area (Å²) in [6.45, 7) is 1.78. The molecule has 0 saturated heterocycles. The van der Waals surface area contributed by atoms with E-state index in [4.69, 9.17) is 11.6 Å². The summed E-state index contributed by atoms with van der Waals surface area (Å²) in [5.74, 6) is 0. The molecule has 0 aliphatic carbocycles. The maximum atomic E-state index is 12.3. The van der Waals surface area contributed by atoms with Crippen LogP contribution in [0.1, 0.15) is 29.3 Å². The van der Waals surface area contributed by atoms with Crippen LogP contribution < -0.4 is 10.6 Å². The molecule has 0 spiro atoms. The Morgan fingerprint density at radius 2 is 2.10 bits per heavy atom. The third-order valence-corrected chi connectivity index (χ3v) is 4.48. The summed E-state index contributed by atoms with van der Waals surface area (Å²) < 4.78 is 25.3. The van der Waals surface area contributed by atoms with Crippen LogP contribution in [0.15, 0.2) is 12.1 Å². The van der Waals surface area contributed by atoms with Crippen LogP contribution in [0.25, 0.3) is 0 Å². The first-order chi connectivity index (χ1) is 9.45. The SMILES string of the molecule is C[C@H](NC(=O)Nc1nnc(C(F)F)s1)c1ccc(Cl)s1. The van der Waals surface area contributed by atoms with Gasteiger partial charge < -0.3 is 5.32 Å². The number of rotatable bonds is 4. The van der Waals surface area contributed by atoms with E-state index < -0.39 is 17.5 Å². The zero-order chi connectivity index (χ0) is 14.7. The van der Waals surface area contributed by atoms with Gasteiger partial charge in [-0.2, -0.15) is 0 Å². The summed E-state index contributed by atoms with van der Waals surface area (Å²) in [4.78, 5) is 12.6. The van der Waals surface area contributed by atoms with Crippen molar-refractivity contribution in [1.29, 1.82) is 0 Å². The number of nitrogens with zero attached hydrogens (tertiary/aromatic N) is 2. The molecule has 2 rings (SSSR count). The molecular formula is C10H9ClF2N4OS2. The van der Waals surface area contributed by atoms with Gasteiger partial charge in [0.2, 0.25) is 5.13 Å². The number of urea groups is 1. The van der Waals surface area contributed by atoms with Gasteiger partial charge in [0.05, 0.1) is 10.4 Å². The van der Waals surface area contributed by atoms with Crippen molar-refractivity contribution in [1.82, 2.24) is 15.5 Å². The van der Waals surface area contributed by atoms with Gasteiger partial charge in [-0.3, -0.25) is 5.32 Å². The predicted molar refractivity (Wildman–Crippen MR) is 74.8 cm³/mol. The number of hydrogen-bond acceptors (Lipinski definition) is 5. The number of nitrogens with one attached hydrogen (secondary N) is 2. The monoisotopic (exact) mass is 338 g/mol. The first-order valence-corrected chi connectivity index (χ1v) is 7.41. The molecule has 0 aliphatic rings. The summed E-state index contributed by atoms with van der Waals surface area (Å²) in [7, 11) is 0. The molecule has 0 aromatic carbocycles. The van der Waals surface area contributed by atoms with E-state index in [0.29, 0.717) is 15.7 Å². The number of halogens is 3. The lowest BCUT2D eigenvalue weighted by Crippen LogP contribution is -2.30. The Morgan fingerprint density at radius 1 is 1.35 bits per heavy atom. The largest absolute Gasteiger partial charge is 0.330 e. The molecule has 108 valence electrons. The summed E-state index contributed by atoms with van der Waals surface area (Å²) >= 11 is 7.79. The minimum absolute atomic E-state index is 0.0224. The Hall–Kier alpha value is -1.32. The predicted octanol–water partition coefficient (Wildman–Crippen LogP) is 4.07. The van der Waals surface area contributed by atoms with E-state index in [1.807, 2.05) is 0 Å². The number of anilines is 1. The number of aromatic nitrogens is 2. The molecule has 20 heavy (non-hydrogen) atoms. The summed E-state index contributed by atoms with van der Waals surface area (Å²) in [5.41, 5.74) is 0. The first kappa shape index (κ1) is 15.1. The van der Waals surface area contributed by atoms with E-state index in [1.54, 1.807) is 19.1 Å². The second-order valence-corrected chi connectivity index (χ2v) is 6.46. The number of hydrogen-bond donors (Lipinski definition) is 2. The number of alkyl halides is 2. The highest BCUT2D eigenvalue weighted by molar-refractivity contribution is 7.16. The summed E-state index contributed by atoms with van der Waals surface area (Å²) in [5, 5.41) is 11.3. The molecule has 2 amide bonds. The first-order valence-electron chi connectivity index (χ1n) is 5.40. The van der Waals surface area contributed by atoms with Crippen molar-refractivity contribution in [3.63, 3.8) is 0 Å². The van der Waals surface area contributed by atoms with Gasteiger partial charge in [-0.05, 0) is 19.1 Å². The summed E-state index contributed by atoms with van der Waals surface area (Å²) in [6, 6.07) is 2.74. The molecule has 1 atom stereocenters. The Labute approximate surface area is 126 Å². The fourth-order valence-electron chi connectivity index (χ4n) is 1.34. The third kappa shape index (κ3) is 3.84. The number of carbonyl (C=O) groups excluding carboxylic acids is 1. The van der Waals surface area contributed by atoms with Gasteiger partial charge >= 0.3 is 6.03 Å². The Morgan fingerprint density at radius 3 is 2.65 bits per heavy atom. The number of carbonyl (C=O) groups is 1. The van der Waals surface area contributed by atoms with Crippen molar-refractivity contribution in [3.8, 4) is 0 Å². The lowest BCUT2D eigenvalue weighted by atomic mass is 10.3. The highest BCUT2D eigenvalue weighted by Gasteiger charge is 2.16. The van der Waals surface area contributed by atoms with Crippen molar-refractivity contribution in [3.05, 3.63) is 26.4 Å². The van der Waals surface area contributed by atoms with Crippen LogP contribution in [-0.2, 0) is 0 Å². The minimum Gasteiger partial charge on any atom is -0.330 e. The highest BCUT2D eigenvalue weighted by atomic mass is 35.5. The van der Waals surface area contributed by atoms with E-state index in [1.165, 1.54) is 11.3 Å². The lowest BCUT2D eigenvalue weighted by Gasteiger charge is -2.11. The average molecular weight is 339 g/mol. The maximum absolute atomic E-state index is 12.3. The molecule has 0 fully saturated rings. The van der Waals surface area contributed by atoms with Gasteiger partial charge in [0.25, 0.3) is 6.43 Å². The van der Waals surface area contributed by atoms with E-state index in [0.717, 1.165) is 4.88 Å². The minimum atomic E-state index is -2.70. The molecule has 2 N–H and O–H groups in total. The van der Waals surface area contributed by atoms with Crippen LogP contribution in [0.4, 0.5) is 18.7 Å². The smallest absolute Gasteiger partial charge is 0.321 e. The second-order valence-electron chi connectivity index (χ2n) is 3.71. The molecular weight excluding hydrogens is 330 g/mol. The highest BCUT2D eigenvalue weighted by Crippen LogP contribution is 2.27. The van der Waals surface area contributed by atoms with E-state index in [2.05, 4.69) is 20.8 Å². The van der Waals surface area contributed by atoms with Crippen molar-refractivity contribution in [2.45, 2.75) is 19.4 Å². The molecule has 2 aromatic heterocycles. The fourth-order valence-corrected chi connectivity index (χ4v) is 2.99. The van der Waals surface area contributed by atoms with E-state index in [9.17, 15) is 13.6 Å². The maximum Gasteiger partial charge on any atom is 0.321 e. The van der Waals surface area contributed by atoms with Gasteiger partial charge in [0, 0.05) is 4.88 Å². The molecule has 0 radical (unpaired) electrons. The van der Waals surface area contributed by atoms with E-state index >= 15 is 0 Å². The molecule has 0 bridgehead atoms. The summed E-state index contributed by atoms with van der Waals surface area (Å²) in [6.07, 6.45) is -2.70. The van der Waals surface area contributed by atoms with Crippen LogP contribution in [0.5, 0.6) is 0 Å².